The molecule has 164 valence electrons. The largest absolute Gasteiger partial charge is 0.497 e. The molecule has 0 radical (unpaired) electrons. The monoisotopic (exact) mass is 466 g/mol. The molecule has 0 atom stereocenters. The van der Waals surface area contributed by atoms with E-state index in [1.807, 2.05) is 70.6 Å². The van der Waals surface area contributed by atoms with Crippen molar-refractivity contribution in [2.45, 2.75) is 11.7 Å². The van der Waals surface area contributed by atoms with Crippen molar-refractivity contribution in [2.24, 2.45) is 0 Å². The van der Waals surface area contributed by atoms with E-state index >= 15 is 0 Å². The van der Waals surface area contributed by atoms with Crippen LogP contribution in [0.25, 0.3) is 5.69 Å². The third-order valence-corrected chi connectivity index (χ3v) is 6.54. The molecule has 0 aliphatic rings. The Labute approximate surface area is 194 Å². The SMILES string of the molecule is COc1ccc(N(Cc2cccs2)C(=O)CSc2nncn2-c2cccc(OC)c2)cc1. The van der Waals surface area contributed by atoms with Crippen LogP contribution >= 0.6 is 23.1 Å². The number of hydrogen-bond donors (Lipinski definition) is 0. The number of benzene rings is 2. The van der Waals surface area contributed by atoms with E-state index in [1.54, 1.807) is 36.8 Å². The topological polar surface area (TPSA) is 69.5 Å². The normalized spacial score (nSPS) is 10.7. The number of nitrogens with zero attached hydrogens (tertiary/aromatic N) is 4. The van der Waals surface area contributed by atoms with Gasteiger partial charge in [0.05, 0.1) is 32.2 Å². The fraction of sp³-hybridized carbons (Fsp3) is 0.174. The molecule has 0 N–H and O–H groups in total. The summed E-state index contributed by atoms with van der Waals surface area (Å²) in [5.41, 5.74) is 1.69. The molecular weight excluding hydrogens is 444 g/mol. The Hall–Kier alpha value is -3.30. The summed E-state index contributed by atoms with van der Waals surface area (Å²) in [6.45, 7) is 0.506. The van der Waals surface area contributed by atoms with Crippen LogP contribution in [0.2, 0.25) is 0 Å². The number of anilines is 1. The number of thioether (sulfide) groups is 1. The first kappa shape index (κ1) is 21.9. The van der Waals surface area contributed by atoms with Gasteiger partial charge < -0.3 is 14.4 Å². The molecule has 0 aliphatic heterocycles. The quantitative estimate of drug-likeness (QED) is 0.334. The van der Waals surface area contributed by atoms with E-state index in [1.165, 1.54) is 11.8 Å². The Balaban J connectivity index is 1.52. The molecule has 2 aromatic carbocycles. The molecular formula is C23H22N4O3S2. The first-order chi connectivity index (χ1) is 15.7. The minimum atomic E-state index is -0.0197. The van der Waals surface area contributed by atoms with Gasteiger partial charge in [-0.2, -0.15) is 0 Å². The van der Waals surface area contributed by atoms with Crippen LogP contribution in [0.5, 0.6) is 11.5 Å². The van der Waals surface area contributed by atoms with Crippen LogP contribution in [0.3, 0.4) is 0 Å². The minimum Gasteiger partial charge on any atom is -0.497 e. The summed E-state index contributed by atoms with van der Waals surface area (Å²) in [5, 5.41) is 10.9. The zero-order valence-electron chi connectivity index (χ0n) is 17.7. The maximum Gasteiger partial charge on any atom is 0.237 e. The van der Waals surface area contributed by atoms with Crippen LogP contribution in [-0.4, -0.2) is 40.6 Å². The lowest BCUT2D eigenvalue weighted by Crippen LogP contribution is -2.31. The first-order valence-electron chi connectivity index (χ1n) is 9.82. The first-order valence-corrected chi connectivity index (χ1v) is 11.7. The molecule has 0 saturated heterocycles. The molecule has 2 heterocycles. The highest BCUT2D eigenvalue weighted by atomic mass is 32.2. The lowest BCUT2D eigenvalue weighted by atomic mass is 10.2. The van der Waals surface area contributed by atoms with Crippen molar-refractivity contribution in [1.82, 2.24) is 14.8 Å². The van der Waals surface area contributed by atoms with Gasteiger partial charge in [-0.25, -0.2) is 0 Å². The lowest BCUT2D eigenvalue weighted by Gasteiger charge is -2.22. The van der Waals surface area contributed by atoms with Crippen molar-refractivity contribution in [3.8, 4) is 17.2 Å². The summed E-state index contributed by atoms with van der Waals surface area (Å²) in [6.07, 6.45) is 1.63. The minimum absolute atomic E-state index is 0.0197. The van der Waals surface area contributed by atoms with E-state index in [-0.39, 0.29) is 11.7 Å². The molecule has 0 fully saturated rings. The number of aromatic nitrogens is 3. The van der Waals surface area contributed by atoms with Gasteiger partial charge in [-0.05, 0) is 47.8 Å². The molecule has 32 heavy (non-hydrogen) atoms. The van der Waals surface area contributed by atoms with Crippen LogP contribution in [0, 0.1) is 0 Å². The van der Waals surface area contributed by atoms with Gasteiger partial charge in [0.15, 0.2) is 5.16 Å². The van der Waals surface area contributed by atoms with Crippen LogP contribution < -0.4 is 14.4 Å². The number of carbonyl (C=O) groups excluding carboxylic acids is 1. The van der Waals surface area contributed by atoms with Crippen LogP contribution in [0.1, 0.15) is 4.88 Å². The average molecular weight is 467 g/mol. The van der Waals surface area contributed by atoms with Gasteiger partial charge >= 0.3 is 0 Å². The van der Waals surface area contributed by atoms with Crippen molar-refractivity contribution in [3.05, 3.63) is 77.2 Å². The molecule has 0 unspecified atom stereocenters. The van der Waals surface area contributed by atoms with Crippen LogP contribution in [0.4, 0.5) is 5.69 Å². The third kappa shape index (κ3) is 5.12. The predicted octanol–water partition coefficient (Wildman–Crippen LogP) is 4.67. The van der Waals surface area contributed by atoms with Gasteiger partial charge in [-0.15, -0.1) is 21.5 Å². The lowest BCUT2D eigenvalue weighted by molar-refractivity contribution is -0.116. The Kier molecular flexibility index (Phi) is 7.08. The molecule has 0 spiro atoms. The van der Waals surface area contributed by atoms with E-state index in [0.717, 1.165) is 27.8 Å². The molecule has 0 saturated carbocycles. The Morgan fingerprint density at radius 1 is 1.06 bits per heavy atom. The summed E-state index contributed by atoms with van der Waals surface area (Å²) in [5.74, 6) is 1.69. The number of carbonyl (C=O) groups is 1. The summed E-state index contributed by atoms with van der Waals surface area (Å²) >= 11 is 2.98. The zero-order chi connectivity index (χ0) is 22.3. The zero-order valence-corrected chi connectivity index (χ0v) is 19.3. The number of methoxy groups -OCH3 is 2. The van der Waals surface area contributed by atoms with E-state index in [4.69, 9.17) is 9.47 Å². The van der Waals surface area contributed by atoms with Crippen molar-refractivity contribution >= 4 is 34.7 Å². The van der Waals surface area contributed by atoms with E-state index < -0.39 is 0 Å². The Morgan fingerprint density at radius 2 is 1.88 bits per heavy atom. The van der Waals surface area contributed by atoms with Crippen molar-refractivity contribution in [2.75, 3.05) is 24.9 Å². The van der Waals surface area contributed by atoms with E-state index in [0.29, 0.717) is 11.7 Å². The second kappa shape index (κ2) is 10.3. The fourth-order valence-corrected chi connectivity index (χ4v) is 4.61. The summed E-state index contributed by atoms with van der Waals surface area (Å²) in [6, 6.07) is 19.1. The standard InChI is InChI=1S/C23H22N4O3S2/c1-29-19-10-8-17(9-11-19)26(14-21-7-4-12-31-21)22(28)15-32-23-25-24-16-27(23)18-5-3-6-20(13-18)30-2/h3-13,16H,14-15H2,1-2H3. The second-order valence-corrected chi connectivity index (χ2v) is 8.71. The number of rotatable bonds is 9. The Morgan fingerprint density at radius 3 is 2.59 bits per heavy atom. The summed E-state index contributed by atoms with van der Waals surface area (Å²) < 4.78 is 12.4. The van der Waals surface area contributed by atoms with E-state index in [2.05, 4.69) is 10.2 Å². The molecule has 4 aromatic rings. The smallest absolute Gasteiger partial charge is 0.237 e. The van der Waals surface area contributed by atoms with Crippen molar-refractivity contribution < 1.29 is 14.3 Å². The molecule has 7 nitrogen and oxygen atoms in total. The summed E-state index contributed by atoms with van der Waals surface area (Å²) in [4.78, 5) is 16.2. The van der Waals surface area contributed by atoms with Gasteiger partial charge in [0.2, 0.25) is 5.91 Å². The van der Waals surface area contributed by atoms with Gasteiger partial charge in [0.1, 0.15) is 17.8 Å². The predicted molar refractivity (Wildman–Crippen MR) is 127 cm³/mol. The molecule has 9 heteroatoms. The highest BCUT2D eigenvalue weighted by Gasteiger charge is 2.19. The highest BCUT2D eigenvalue weighted by Crippen LogP contribution is 2.26. The average Bonchev–Trinajstić information content (AvgIpc) is 3.53. The third-order valence-electron chi connectivity index (χ3n) is 4.75. The maximum atomic E-state index is 13.3. The second-order valence-electron chi connectivity index (χ2n) is 6.73. The van der Waals surface area contributed by atoms with Crippen LogP contribution in [-0.2, 0) is 11.3 Å². The van der Waals surface area contributed by atoms with Crippen LogP contribution in [0.15, 0.2) is 77.5 Å². The van der Waals surface area contributed by atoms with Gasteiger partial charge in [-0.1, -0.05) is 23.9 Å². The highest BCUT2D eigenvalue weighted by molar-refractivity contribution is 7.99. The maximum absolute atomic E-state index is 13.3. The van der Waals surface area contributed by atoms with Gasteiger partial charge in [-0.3, -0.25) is 9.36 Å². The summed E-state index contributed by atoms with van der Waals surface area (Å²) in [7, 11) is 3.25. The van der Waals surface area contributed by atoms with Gasteiger partial charge in [0.25, 0.3) is 0 Å². The number of amides is 1. The van der Waals surface area contributed by atoms with Crippen molar-refractivity contribution in [3.63, 3.8) is 0 Å². The number of thiophene rings is 1. The van der Waals surface area contributed by atoms with Crippen molar-refractivity contribution in [1.29, 1.82) is 0 Å². The number of hydrogen-bond acceptors (Lipinski definition) is 7. The fourth-order valence-electron chi connectivity index (χ4n) is 3.11. The molecule has 0 aliphatic carbocycles. The van der Waals surface area contributed by atoms with E-state index in [9.17, 15) is 4.79 Å². The molecule has 1 amide bonds. The molecule has 0 bridgehead atoms. The van der Waals surface area contributed by atoms with Gasteiger partial charge in [0, 0.05) is 16.6 Å². The Bertz CT molecular complexity index is 1160. The number of ether oxygens (including phenoxy) is 2. The molecule has 2 aromatic heterocycles. The molecule has 4 rings (SSSR count).